The number of nitrogens with one attached hydrogen (secondary N) is 1. The van der Waals surface area contributed by atoms with Crippen molar-refractivity contribution in [2.75, 3.05) is 6.54 Å². The summed E-state index contributed by atoms with van der Waals surface area (Å²) in [6.07, 6.45) is 2.49. The Kier molecular flexibility index (Phi) is 4.97. The van der Waals surface area contributed by atoms with E-state index in [1.807, 2.05) is 54.9 Å². The topological polar surface area (TPSA) is 76.2 Å². The third-order valence-corrected chi connectivity index (χ3v) is 4.26. The molecule has 1 saturated heterocycles. The highest BCUT2D eigenvalue weighted by atomic mass is 16.2. The quantitative estimate of drug-likeness (QED) is 0.868. The lowest BCUT2D eigenvalue weighted by Gasteiger charge is -2.24. The molecular weight excluding hydrogens is 302 g/mol. The van der Waals surface area contributed by atoms with Crippen LogP contribution in [0.5, 0.6) is 0 Å². The fraction of sp³-hybridized carbons (Fsp3) is 0.444. The molecule has 0 aliphatic carbocycles. The number of amides is 1. The molecule has 3 N–H and O–H groups in total. The Morgan fingerprint density at radius 1 is 1.33 bits per heavy atom. The Bertz CT molecular complexity index is 682. The van der Waals surface area contributed by atoms with Crippen molar-refractivity contribution in [3.8, 4) is 5.69 Å². The summed E-state index contributed by atoms with van der Waals surface area (Å²) in [5.74, 6) is 0.0590. The van der Waals surface area contributed by atoms with Gasteiger partial charge in [-0.3, -0.25) is 9.69 Å². The van der Waals surface area contributed by atoms with Crippen molar-refractivity contribution in [1.82, 2.24) is 20.0 Å². The maximum Gasteiger partial charge on any atom is 0.237 e. The van der Waals surface area contributed by atoms with E-state index in [0.29, 0.717) is 13.0 Å². The van der Waals surface area contributed by atoms with Crippen LogP contribution < -0.4 is 11.1 Å². The number of aromatic nitrogens is 2. The number of benzene rings is 1. The molecule has 0 spiro atoms. The molecule has 2 heterocycles. The van der Waals surface area contributed by atoms with Gasteiger partial charge >= 0.3 is 0 Å². The van der Waals surface area contributed by atoms with Gasteiger partial charge in [-0.1, -0.05) is 18.2 Å². The lowest BCUT2D eigenvalue weighted by molar-refractivity contribution is -0.126. The molecule has 1 amide bonds. The van der Waals surface area contributed by atoms with Crippen LogP contribution in [0.25, 0.3) is 5.69 Å². The molecule has 0 unspecified atom stereocenters. The smallest absolute Gasteiger partial charge is 0.237 e. The van der Waals surface area contributed by atoms with E-state index >= 15 is 0 Å². The highest BCUT2D eigenvalue weighted by Crippen LogP contribution is 2.21. The van der Waals surface area contributed by atoms with Gasteiger partial charge in [-0.2, -0.15) is 5.10 Å². The number of para-hydroxylation sites is 1. The van der Waals surface area contributed by atoms with Gasteiger partial charge in [0.1, 0.15) is 0 Å². The van der Waals surface area contributed by atoms with Crippen LogP contribution in [0.15, 0.2) is 42.6 Å². The average molecular weight is 327 g/mol. The van der Waals surface area contributed by atoms with Gasteiger partial charge in [0.05, 0.1) is 17.4 Å². The third kappa shape index (κ3) is 3.66. The summed E-state index contributed by atoms with van der Waals surface area (Å²) in [5, 5.41) is 7.43. The lowest BCUT2D eigenvalue weighted by atomic mass is 10.1. The molecule has 0 radical (unpaired) electrons. The first-order valence-electron chi connectivity index (χ1n) is 8.43. The van der Waals surface area contributed by atoms with Crippen LogP contribution in [-0.4, -0.2) is 45.3 Å². The largest absolute Gasteiger partial charge is 0.353 e. The molecule has 3 rings (SSSR count). The molecule has 1 aliphatic rings. The molecule has 1 fully saturated rings. The fourth-order valence-corrected chi connectivity index (χ4v) is 3.23. The summed E-state index contributed by atoms with van der Waals surface area (Å²) in [5.41, 5.74) is 8.19. The van der Waals surface area contributed by atoms with Gasteiger partial charge < -0.3 is 11.1 Å². The van der Waals surface area contributed by atoms with E-state index in [2.05, 4.69) is 15.3 Å². The summed E-state index contributed by atoms with van der Waals surface area (Å²) in [6, 6.07) is 12.0. The SMILES string of the molecule is CC(C)NC(=O)[C@@H]1C[C@H](N)CN1Cc1ccnn1-c1ccccc1. The lowest BCUT2D eigenvalue weighted by Crippen LogP contribution is -2.45. The van der Waals surface area contributed by atoms with Gasteiger partial charge in [0.25, 0.3) is 0 Å². The van der Waals surface area contributed by atoms with Crippen LogP contribution in [0.2, 0.25) is 0 Å². The van der Waals surface area contributed by atoms with Crippen LogP contribution in [0, 0.1) is 0 Å². The average Bonchev–Trinajstić information content (AvgIpc) is 3.14. The third-order valence-electron chi connectivity index (χ3n) is 4.26. The molecule has 2 atom stereocenters. The first-order chi connectivity index (χ1) is 11.5. The van der Waals surface area contributed by atoms with Crippen molar-refractivity contribution in [3.05, 3.63) is 48.3 Å². The maximum absolute atomic E-state index is 12.5. The van der Waals surface area contributed by atoms with Gasteiger partial charge in [0, 0.05) is 31.4 Å². The van der Waals surface area contributed by atoms with E-state index in [1.165, 1.54) is 0 Å². The normalized spacial score (nSPS) is 21.3. The minimum Gasteiger partial charge on any atom is -0.353 e. The van der Waals surface area contributed by atoms with Crippen LogP contribution in [-0.2, 0) is 11.3 Å². The summed E-state index contributed by atoms with van der Waals surface area (Å²) in [4.78, 5) is 14.6. The van der Waals surface area contributed by atoms with E-state index < -0.39 is 0 Å². The molecule has 2 aromatic rings. The first kappa shape index (κ1) is 16.7. The van der Waals surface area contributed by atoms with Crippen LogP contribution >= 0.6 is 0 Å². The number of nitrogens with zero attached hydrogens (tertiary/aromatic N) is 3. The van der Waals surface area contributed by atoms with Crippen molar-refractivity contribution in [2.45, 2.75) is 44.9 Å². The highest BCUT2D eigenvalue weighted by Gasteiger charge is 2.35. The van der Waals surface area contributed by atoms with Gasteiger partial charge in [0.2, 0.25) is 5.91 Å². The van der Waals surface area contributed by atoms with Crippen molar-refractivity contribution in [1.29, 1.82) is 0 Å². The van der Waals surface area contributed by atoms with E-state index in [-0.39, 0.29) is 24.0 Å². The number of likely N-dealkylation sites (tertiary alicyclic amines) is 1. The number of nitrogens with two attached hydrogens (primary N) is 1. The van der Waals surface area contributed by atoms with E-state index in [4.69, 9.17) is 5.73 Å². The minimum absolute atomic E-state index is 0.0287. The molecule has 6 heteroatoms. The van der Waals surface area contributed by atoms with E-state index in [9.17, 15) is 4.79 Å². The predicted molar refractivity (Wildman–Crippen MR) is 93.6 cm³/mol. The predicted octanol–water partition coefficient (Wildman–Crippen LogP) is 1.30. The Hall–Kier alpha value is -2.18. The monoisotopic (exact) mass is 327 g/mol. The molecule has 0 bridgehead atoms. The van der Waals surface area contributed by atoms with Crippen LogP contribution in [0.4, 0.5) is 0 Å². The number of rotatable bonds is 5. The number of carbonyl (C=O) groups excluding carboxylic acids is 1. The van der Waals surface area contributed by atoms with Crippen molar-refractivity contribution < 1.29 is 4.79 Å². The number of carbonyl (C=O) groups is 1. The van der Waals surface area contributed by atoms with Crippen LogP contribution in [0.1, 0.15) is 26.0 Å². The van der Waals surface area contributed by atoms with Crippen molar-refractivity contribution in [3.63, 3.8) is 0 Å². The Morgan fingerprint density at radius 2 is 2.08 bits per heavy atom. The summed E-state index contributed by atoms with van der Waals surface area (Å²) in [6.45, 7) is 5.32. The first-order valence-corrected chi connectivity index (χ1v) is 8.43. The van der Waals surface area contributed by atoms with Crippen molar-refractivity contribution >= 4 is 5.91 Å². The molecular formula is C18H25N5O. The molecule has 1 aromatic carbocycles. The van der Waals surface area contributed by atoms with Crippen LogP contribution in [0.3, 0.4) is 0 Å². The Balaban J connectivity index is 1.78. The fourth-order valence-electron chi connectivity index (χ4n) is 3.23. The Labute approximate surface area is 142 Å². The molecule has 128 valence electrons. The maximum atomic E-state index is 12.5. The zero-order valence-corrected chi connectivity index (χ0v) is 14.2. The van der Waals surface area contributed by atoms with E-state index in [1.54, 1.807) is 6.20 Å². The van der Waals surface area contributed by atoms with Gasteiger partial charge in [0.15, 0.2) is 0 Å². The molecule has 0 saturated carbocycles. The second kappa shape index (κ2) is 7.15. The Morgan fingerprint density at radius 3 is 2.79 bits per heavy atom. The highest BCUT2D eigenvalue weighted by molar-refractivity contribution is 5.82. The second-order valence-electron chi connectivity index (χ2n) is 6.67. The van der Waals surface area contributed by atoms with E-state index in [0.717, 1.165) is 17.9 Å². The molecule has 1 aliphatic heterocycles. The van der Waals surface area contributed by atoms with Gasteiger partial charge in [-0.15, -0.1) is 0 Å². The van der Waals surface area contributed by atoms with Crippen molar-refractivity contribution in [2.24, 2.45) is 5.73 Å². The number of hydrogen-bond donors (Lipinski definition) is 2. The van der Waals surface area contributed by atoms with Gasteiger partial charge in [-0.05, 0) is 38.5 Å². The molecule has 1 aromatic heterocycles. The zero-order chi connectivity index (χ0) is 17.1. The standard InChI is InChI=1S/C18H25N5O/c1-13(2)21-18(24)17-10-14(19)11-22(17)12-16-8-9-20-23(16)15-6-4-3-5-7-15/h3-9,13-14,17H,10-12,19H2,1-2H3,(H,21,24)/t14-,17-/m0/s1. The van der Waals surface area contributed by atoms with Gasteiger partial charge in [-0.25, -0.2) is 4.68 Å². The molecule has 6 nitrogen and oxygen atoms in total. The summed E-state index contributed by atoms with van der Waals surface area (Å²) in [7, 11) is 0. The minimum atomic E-state index is -0.179. The zero-order valence-electron chi connectivity index (χ0n) is 14.2. The second-order valence-corrected chi connectivity index (χ2v) is 6.67. The molecule has 24 heavy (non-hydrogen) atoms. The number of hydrogen-bond acceptors (Lipinski definition) is 4. The summed E-state index contributed by atoms with van der Waals surface area (Å²) < 4.78 is 1.92. The summed E-state index contributed by atoms with van der Waals surface area (Å²) >= 11 is 0.